The molecule has 2 saturated heterocycles. The molecule has 0 saturated carbocycles. The molecule has 6 rings (SSSR count). The molecule has 4 heterocycles. The standard InChI is InChI=1S/C46H54N12O12S2/c1-21(2)35-45(67)69-17-31(53-39(61)29-15-47-25-11-7-9-13-27(25)51-29)41(63)49-24(6)38(60)56-34-20-72-71-19-33(43(65)57-35)55-37(59)23(5)50-42(64)32(18-70-46(68)36(22(3)4)58-44(34)66)54-40(62)30-16-48-26-12-8-10-14-28(26)52-30/h7-16,21-24,31-36H,17-20H2,1-6H3,(H,49,63)(H,50,64)(H,53,61)(H,54,62)(H,55,59)(H,56,60)(H,57,65)(H,58,66)/t23-,24-,31-,32-,33-,34-,35-,36-/m0/s1. The summed E-state index contributed by atoms with van der Waals surface area (Å²) >= 11 is 0. The first-order valence-corrected chi connectivity index (χ1v) is 25.2. The quantitative estimate of drug-likeness (QED) is 0.0868. The predicted octanol–water partition coefficient (Wildman–Crippen LogP) is -0.774. The number of nitrogens with zero attached hydrogens (tertiary/aromatic N) is 4. The summed E-state index contributed by atoms with van der Waals surface area (Å²) in [7, 11) is 2.01. The van der Waals surface area contributed by atoms with Crippen LogP contribution in [0.2, 0.25) is 0 Å². The highest BCUT2D eigenvalue weighted by Gasteiger charge is 2.37. The Balaban J connectivity index is 1.31. The van der Waals surface area contributed by atoms with Gasteiger partial charge in [-0.1, -0.05) is 73.5 Å². The molecule has 26 heteroatoms. The number of hydrogen-bond donors (Lipinski definition) is 8. The molecule has 24 nitrogen and oxygen atoms in total. The van der Waals surface area contributed by atoms with Gasteiger partial charge in [-0.15, -0.1) is 0 Å². The summed E-state index contributed by atoms with van der Waals surface area (Å²) in [5.74, 6) is -11.0. The number of esters is 2. The van der Waals surface area contributed by atoms with Gasteiger partial charge in [0.2, 0.25) is 35.4 Å². The highest BCUT2D eigenvalue weighted by Crippen LogP contribution is 2.24. The van der Waals surface area contributed by atoms with Crippen LogP contribution in [0.3, 0.4) is 0 Å². The average molecular weight is 1030 g/mol. The maximum Gasteiger partial charge on any atom is 0.328 e. The first-order chi connectivity index (χ1) is 34.3. The zero-order valence-corrected chi connectivity index (χ0v) is 41.5. The number of para-hydroxylation sites is 4. The van der Waals surface area contributed by atoms with Gasteiger partial charge >= 0.3 is 11.9 Å². The van der Waals surface area contributed by atoms with Gasteiger partial charge < -0.3 is 52.0 Å². The van der Waals surface area contributed by atoms with Gasteiger partial charge in [-0.05, 0) is 49.9 Å². The van der Waals surface area contributed by atoms with Crippen molar-refractivity contribution >= 4 is 103 Å². The Morgan fingerprint density at radius 1 is 0.528 bits per heavy atom. The molecule has 72 heavy (non-hydrogen) atoms. The lowest BCUT2D eigenvalue weighted by Gasteiger charge is -2.28. The van der Waals surface area contributed by atoms with E-state index in [0.717, 1.165) is 21.6 Å². The second-order valence-corrected chi connectivity index (χ2v) is 20.0. The number of cyclic esters (lactones) is 2. The van der Waals surface area contributed by atoms with Crippen molar-refractivity contribution in [3.63, 3.8) is 0 Å². The Morgan fingerprint density at radius 2 is 0.889 bits per heavy atom. The van der Waals surface area contributed by atoms with Gasteiger partial charge in [0, 0.05) is 11.5 Å². The van der Waals surface area contributed by atoms with Crippen LogP contribution in [-0.4, -0.2) is 152 Å². The summed E-state index contributed by atoms with van der Waals surface area (Å²) in [6.45, 7) is 7.40. The molecule has 2 bridgehead atoms. The molecule has 2 aliphatic rings. The van der Waals surface area contributed by atoms with E-state index in [9.17, 15) is 47.9 Å². The summed E-state index contributed by atoms with van der Waals surface area (Å²) in [5.41, 5.74) is 1.35. The van der Waals surface area contributed by atoms with Gasteiger partial charge in [0.25, 0.3) is 11.8 Å². The molecule has 8 amide bonds. The van der Waals surface area contributed by atoms with Crippen molar-refractivity contribution in [2.75, 3.05) is 24.7 Å². The van der Waals surface area contributed by atoms with E-state index in [0.29, 0.717) is 22.1 Å². The minimum atomic E-state index is -1.65. The van der Waals surface area contributed by atoms with Gasteiger partial charge in [0.05, 0.1) is 34.5 Å². The number of benzene rings is 2. The Morgan fingerprint density at radius 3 is 1.25 bits per heavy atom. The van der Waals surface area contributed by atoms with Crippen molar-refractivity contribution in [3.05, 3.63) is 72.3 Å². The van der Waals surface area contributed by atoms with Gasteiger partial charge in [0.15, 0.2) is 0 Å². The third-order valence-electron chi connectivity index (χ3n) is 11.2. The van der Waals surface area contributed by atoms with E-state index >= 15 is 0 Å². The maximum atomic E-state index is 14.1. The molecule has 0 radical (unpaired) electrons. The molecule has 382 valence electrons. The van der Waals surface area contributed by atoms with E-state index in [1.807, 2.05) is 0 Å². The monoisotopic (exact) mass is 1030 g/mol. The zero-order chi connectivity index (χ0) is 52.2. The first-order valence-electron chi connectivity index (χ1n) is 22.7. The predicted molar refractivity (Wildman–Crippen MR) is 261 cm³/mol. The smallest absolute Gasteiger partial charge is 0.328 e. The number of aromatic nitrogens is 4. The molecule has 2 aromatic heterocycles. The summed E-state index contributed by atoms with van der Waals surface area (Å²) in [4.78, 5) is 155. The first kappa shape index (κ1) is 53.9. The van der Waals surface area contributed by atoms with E-state index in [-0.39, 0.29) is 22.9 Å². The van der Waals surface area contributed by atoms with E-state index in [1.54, 1.807) is 76.2 Å². The van der Waals surface area contributed by atoms with Crippen LogP contribution in [0.5, 0.6) is 0 Å². The molecule has 0 spiro atoms. The molecule has 2 aromatic carbocycles. The Bertz CT molecular complexity index is 2560. The lowest BCUT2D eigenvalue weighted by molar-refractivity contribution is -0.152. The zero-order valence-electron chi connectivity index (χ0n) is 39.9. The van der Waals surface area contributed by atoms with Crippen LogP contribution in [0.15, 0.2) is 60.9 Å². The summed E-state index contributed by atoms with van der Waals surface area (Å²) in [6, 6.07) is 1.77. The van der Waals surface area contributed by atoms with Crippen molar-refractivity contribution in [1.29, 1.82) is 0 Å². The third-order valence-corrected chi connectivity index (χ3v) is 13.6. The largest absolute Gasteiger partial charge is 0.461 e. The Hall–Kier alpha value is -7.48. The SMILES string of the molecule is CC(C)[C@@H]1NC(=O)[C@@H]2CSSC[C@H](NC(=O)[C@H](C)NC(=O)[C@@H](NC(=O)c3cnc4ccccc4n3)COC1=O)C(=O)N[C@@H](C(C)C)C(=O)OC[C@H](NC(=O)c1cnc3ccccc3n1)C(=O)N[C@@H](C)C(=O)N2. The fraction of sp³-hybridized carbons (Fsp3) is 0.435. The second kappa shape index (κ2) is 24.6. The fourth-order valence-electron chi connectivity index (χ4n) is 6.93. The van der Waals surface area contributed by atoms with Crippen LogP contribution in [0.25, 0.3) is 22.1 Å². The summed E-state index contributed by atoms with van der Waals surface area (Å²) < 4.78 is 11.1. The number of amides is 8. The van der Waals surface area contributed by atoms with Crippen molar-refractivity contribution < 1.29 is 57.4 Å². The number of ether oxygens (including phenoxy) is 2. The molecular formula is C46H54N12O12S2. The highest BCUT2D eigenvalue weighted by molar-refractivity contribution is 8.76. The third kappa shape index (κ3) is 14.1. The topological polar surface area (TPSA) is 337 Å². The molecule has 0 unspecified atom stereocenters. The number of fused-ring (bicyclic) bond motifs is 7. The lowest BCUT2D eigenvalue weighted by atomic mass is 10.0. The second-order valence-electron chi connectivity index (χ2n) is 17.4. The molecule has 0 aliphatic carbocycles. The normalized spacial score (nSPS) is 24.8. The number of carbonyl (C=O) groups is 10. The van der Waals surface area contributed by atoms with Crippen LogP contribution < -0.4 is 42.5 Å². The summed E-state index contributed by atoms with van der Waals surface area (Å²) in [5, 5.41) is 20.2. The van der Waals surface area contributed by atoms with Gasteiger partial charge in [-0.25, -0.2) is 19.6 Å². The van der Waals surface area contributed by atoms with Gasteiger partial charge in [-0.2, -0.15) is 0 Å². The minimum absolute atomic E-state index is 0.190. The number of rotatable bonds is 6. The lowest BCUT2D eigenvalue weighted by Crippen LogP contribution is -2.60. The van der Waals surface area contributed by atoms with Crippen LogP contribution in [-0.2, 0) is 47.8 Å². The molecular weight excluding hydrogens is 977 g/mol. The average Bonchev–Trinajstić information content (AvgIpc) is 3.35. The number of carbonyl (C=O) groups excluding carboxylic acids is 10. The van der Waals surface area contributed by atoms with E-state index in [1.165, 1.54) is 26.2 Å². The van der Waals surface area contributed by atoms with Crippen molar-refractivity contribution in [1.82, 2.24) is 62.5 Å². The van der Waals surface area contributed by atoms with Crippen LogP contribution in [0, 0.1) is 11.8 Å². The Labute approximate surface area is 420 Å². The summed E-state index contributed by atoms with van der Waals surface area (Å²) in [6.07, 6.45) is 2.37. The molecule has 4 aromatic rings. The van der Waals surface area contributed by atoms with E-state index in [4.69, 9.17) is 9.47 Å². The number of hydrogen-bond acceptors (Lipinski definition) is 18. The Kier molecular flexibility index (Phi) is 18.4. The molecule has 8 N–H and O–H groups in total. The number of nitrogens with one attached hydrogen (secondary N) is 8. The van der Waals surface area contributed by atoms with Crippen LogP contribution in [0.4, 0.5) is 0 Å². The molecule has 2 fully saturated rings. The minimum Gasteiger partial charge on any atom is -0.461 e. The van der Waals surface area contributed by atoms with Crippen LogP contribution >= 0.6 is 21.6 Å². The van der Waals surface area contributed by atoms with Gasteiger partial charge in [0.1, 0.15) is 72.9 Å². The molecule has 8 atom stereocenters. The van der Waals surface area contributed by atoms with Crippen molar-refractivity contribution in [3.8, 4) is 0 Å². The van der Waals surface area contributed by atoms with Crippen molar-refractivity contribution in [2.45, 2.75) is 89.9 Å². The maximum absolute atomic E-state index is 14.1. The van der Waals surface area contributed by atoms with Gasteiger partial charge in [-0.3, -0.25) is 48.3 Å². The van der Waals surface area contributed by atoms with Crippen molar-refractivity contribution in [2.24, 2.45) is 11.8 Å². The molecule has 2 aliphatic heterocycles. The fourth-order valence-corrected chi connectivity index (χ4v) is 9.26. The van der Waals surface area contributed by atoms with Crippen LogP contribution in [0.1, 0.15) is 62.5 Å². The highest BCUT2D eigenvalue weighted by atomic mass is 33.1. The van der Waals surface area contributed by atoms with E-state index < -0.39 is 133 Å². The van der Waals surface area contributed by atoms with E-state index in [2.05, 4.69) is 62.5 Å².